The lowest BCUT2D eigenvalue weighted by molar-refractivity contribution is -0.113. The number of hydrogen-bond acceptors (Lipinski definition) is 4. The van der Waals surface area contributed by atoms with E-state index in [-0.39, 0.29) is 5.91 Å². The summed E-state index contributed by atoms with van der Waals surface area (Å²) in [6.45, 7) is 6.30. The summed E-state index contributed by atoms with van der Waals surface area (Å²) < 4.78 is 0. The van der Waals surface area contributed by atoms with Gasteiger partial charge in [-0.25, -0.2) is 4.98 Å². The highest BCUT2D eigenvalue weighted by Crippen LogP contribution is 2.31. The zero-order valence-electron chi connectivity index (χ0n) is 14.5. The second kappa shape index (κ2) is 7.85. The van der Waals surface area contributed by atoms with E-state index >= 15 is 0 Å². The van der Waals surface area contributed by atoms with Crippen LogP contribution < -0.4 is 5.32 Å². The van der Waals surface area contributed by atoms with Crippen LogP contribution in [0.2, 0.25) is 0 Å². The fourth-order valence-corrected chi connectivity index (χ4v) is 4.29. The fourth-order valence-electron chi connectivity index (χ4n) is 2.85. The average Bonchev–Trinajstić information content (AvgIpc) is 3.01. The van der Waals surface area contributed by atoms with Crippen LogP contribution in [-0.2, 0) is 4.79 Å². The summed E-state index contributed by atoms with van der Waals surface area (Å²) in [4.78, 5) is 17.8. The number of rotatable bonds is 5. The highest BCUT2D eigenvalue weighted by molar-refractivity contribution is 8.00. The lowest BCUT2D eigenvalue weighted by atomic mass is 9.98. The van der Waals surface area contributed by atoms with E-state index in [0.717, 1.165) is 16.2 Å². The van der Waals surface area contributed by atoms with Crippen molar-refractivity contribution in [1.29, 1.82) is 0 Å². The third kappa shape index (κ3) is 4.50. The van der Waals surface area contributed by atoms with Crippen LogP contribution in [0.3, 0.4) is 0 Å². The molecule has 1 aromatic heterocycles. The average molecular weight is 369 g/mol. The van der Waals surface area contributed by atoms with Crippen molar-refractivity contribution in [2.24, 2.45) is 0 Å². The molecular formula is C20H20N2OS2. The number of benzene rings is 2. The van der Waals surface area contributed by atoms with Gasteiger partial charge in [-0.3, -0.25) is 4.79 Å². The molecule has 5 heteroatoms. The number of amides is 1. The molecule has 0 saturated heterocycles. The third-order valence-electron chi connectivity index (χ3n) is 3.80. The summed E-state index contributed by atoms with van der Waals surface area (Å²) in [5.74, 6) is 0.341. The molecule has 0 aliphatic rings. The SMILES string of the molecule is Cc1cc(C)c(-c2csc(NC(=O)CSc3ccccc3)n2)c(C)c1. The van der Waals surface area contributed by atoms with E-state index in [9.17, 15) is 4.79 Å². The van der Waals surface area contributed by atoms with Gasteiger partial charge in [0, 0.05) is 15.8 Å². The number of nitrogens with zero attached hydrogens (tertiary/aromatic N) is 1. The molecule has 0 radical (unpaired) electrons. The Balaban J connectivity index is 1.67. The van der Waals surface area contributed by atoms with Crippen molar-refractivity contribution in [2.75, 3.05) is 11.1 Å². The van der Waals surface area contributed by atoms with Crippen LogP contribution >= 0.6 is 23.1 Å². The first-order chi connectivity index (χ1) is 12.0. The minimum absolute atomic E-state index is 0.0351. The first-order valence-electron chi connectivity index (χ1n) is 8.04. The summed E-state index contributed by atoms with van der Waals surface area (Å²) in [6.07, 6.45) is 0. The fraction of sp³-hybridized carbons (Fsp3) is 0.200. The Labute approximate surface area is 156 Å². The van der Waals surface area contributed by atoms with Gasteiger partial charge in [0.25, 0.3) is 0 Å². The first-order valence-corrected chi connectivity index (χ1v) is 9.91. The predicted octanol–water partition coefficient (Wildman–Crippen LogP) is 5.47. The zero-order valence-corrected chi connectivity index (χ0v) is 16.1. The molecule has 3 rings (SSSR count). The van der Waals surface area contributed by atoms with Gasteiger partial charge >= 0.3 is 0 Å². The van der Waals surface area contributed by atoms with E-state index < -0.39 is 0 Å². The third-order valence-corrected chi connectivity index (χ3v) is 5.57. The molecule has 128 valence electrons. The lowest BCUT2D eigenvalue weighted by Crippen LogP contribution is -2.13. The minimum atomic E-state index is -0.0351. The van der Waals surface area contributed by atoms with Gasteiger partial charge in [0.2, 0.25) is 5.91 Å². The Kier molecular flexibility index (Phi) is 5.56. The Morgan fingerprint density at radius 1 is 1.12 bits per heavy atom. The summed E-state index contributed by atoms with van der Waals surface area (Å²) in [5, 5.41) is 5.55. The van der Waals surface area contributed by atoms with E-state index in [2.05, 4.69) is 43.2 Å². The monoisotopic (exact) mass is 368 g/mol. The van der Waals surface area contributed by atoms with E-state index in [4.69, 9.17) is 0 Å². The molecule has 0 aliphatic heterocycles. The molecule has 3 aromatic rings. The van der Waals surface area contributed by atoms with Gasteiger partial charge in [0.05, 0.1) is 11.4 Å². The van der Waals surface area contributed by atoms with Crippen molar-refractivity contribution in [1.82, 2.24) is 4.98 Å². The van der Waals surface area contributed by atoms with Crippen molar-refractivity contribution in [3.8, 4) is 11.3 Å². The van der Waals surface area contributed by atoms with Gasteiger partial charge < -0.3 is 5.32 Å². The summed E-state index contributed by atoms with van der Waals surface area (Å²) in [6, 6.07) is 14.2. The molecule has 0 fully saturated rings. The molecule has 1 heterocycles. The Morgan fingerprint density at radius 3 is 2.48 bits per heavy atom. The summed E-state index contributed by atoms with van der Waals surface area (Å²) in [7, 11) is 0. The van der Waals surface area contributed by atoms with Crippen molar-refractivity contribution in [3.05, 3.63) is 64.5 Å². The maximum Gasteiger partial charge on any atom is 0.236 e. The highest BCUT2D eigenvalue weighted by Gasteiger charge is 2.12. The molecular weight excluding hydrogens is 348 g/mol. The number of aromatic nitrogens is 1. The number of nitrogens with one attached hydrogen (secondary N) is 1. The van der Waals surface area contributed by atoms with Crippen molar-refractivity contribution < 1.29 is 4.79 Å². The first kappa shape index (κ1) is 17.7. The second-order valence-electron chi connectivity index (χ2n) is 5.96. The van der Waals surface area contributed by atoms with Gasteiger partial charge in [-0.05, 0) is 44.0 Å². The molecule has 1 N–H and O–H groups in total. The molecule has 0 saturated carbocycles. The molecule has 1 amide bonds. The van der Waals surface area contributed by atoms with E-state index in [1.807, 2.05) is 35.7 Å². The molecule has 0 atom stereocenters. The van der Waals surface area contributed by atoms with Crippen molar-refractivity contribution in [3.63, 3.8) is 0 Å². The number of carbonyl (C=O) groups excluding carboxylic acids is 1. The normalized spacial score (nSPS) is 10.7. The van der Waals surface area contributed by atoms with Crippen LogP contribution in [0.1, 0.15) is 16.7 Å². The number of anilines is 1. The minimum Gasteiger partial charge on any atom is -0.301 e. The van der Waals surface area contributed by atoms with Crippen LogP contribution in [0.25, 0.3) is 11.3 Å². The molecule has 2 aromatic carbocycles. The second-order valence-corrected chi connectivity index (χ2v) is 7.87. The number of aryl methyl sites for hydroxylation is 3. The smallest absolute Gasteiger partial charge is 0.236 e. The Morgan fingerprint density at radius 2 is 1.80 bits per heavy atom. The number of carbonyl (C=O) groups is 1. The quantitative estimate of drug-likeness (QED) is 0.608. The number of thioether (sulfide) groups is 1. The van der Waals surface area contributed by atoms with Crippen LogP contribution in [-0.4, -0.2) is 16.6 Å². The van der Waals surface area contributed by atoms with Crippen LogP contribution in [0.15, 0.2) is 52.7 Å². The van der Waals surface area contributed by atoms with Gasteiger partial charge in [-0.1, -0.05) is 35.9 Å². The molecule has 0 spiro atoms. The molecule has 0 bridgehead atoms. The topological polar surface area (TPSA) is 42.0 Å². The molecule has 0 aliphatic carbocycles. The van der Waals surface area contributed by atoms with Gasteiger partial charge in [-0.2, -0.15) is 0 Å². The largest absolute Gasteiger partial charge is 0.301 e. The number of hydrogen-bond donors (Lipinski definition) is 1. The van der Waals surface area contributed by atoms with Crippen LogP contribution in [0.5, 0.6) is 0 Å². The van der Waals surface area contributed by atoms with Gasteiger partial charge in [-0.15, -0.1) is 23.1 Å². The zero-order chi connectivity index (χ0) is 17.8. The Bertz CT molecular complexity index is 865. The molecule has 0 unspecified atom stereocenters. The Hall–Kier alpha value is -2.11. The van der Waals surface area contributed by atoms with E-state index in [1.165, 1.54) is 39.8 Å². The predicted molar refractivity (Wildman–Crippen MR) is 108 cm³/mol. The standard InChI is InChI=1S/C20H20N2OS2/c1-13-9-14(2)19(15(3)10-13)17-11-25-20(21-17)22-18(23)12-24-16-7-5-4-6-8-16/h4-11H,12H2,1-3H3,(H,21,22,23). The lowest BCUT2D eigenvalue weighted by Gasteiger charge is -2.08. The number of thiazole rings is 1. The highest BCUT2D eigenvalue weighted by atomic mass is 32.2. The van der Waals surface area contributed by atoms with Crippen molar-refractivity contribution in [2.45, 2.75) is 25.7 Å². The maximum absolute atomic E-state index is 12.1. The van der Waals surface area contributed by atoms with Gasteiger partial charge in [0.15, 0.2) is 5.13 Å². The summed E-state index contributed by atoms with van der Waals surface area (Å²) >= 11 is 2.99. The molecule has 25 heavy (non-hydrogen) atoms. The van der Waals surface area contributed by atoms with Gasteiger partial charge in [0.1, 0.15) is 0 Å². The maximum atomic E-state index is 12.1. The summed E-state index contributed by atoms with van der Waals surface area (Å²) in [5.41, 5.74) is 5.74. The van der Waals surface area contributed by atoms with E-state index in [1.54, 1.807) is 0 Å². The van der Waals surface area contributed by atoms with E-state index in [0.29, 0.717) is 10.9 Å². The van der Waals surface area contributed by atoms with Crippen LogP contribution in [0, 0.1) is 20.8 Å². The van der Waals surface area contributed by atoms with Crippen LogP contribution in [0.4, 0.5) is 5.13 Å². The van der Waals surface area contributed by atoms with Crippen molar-refractivity contribution >= 4 is 34.1 Å². The molecule has 3 nitrogen and oxygen atoms in total.